The summed E-state index contributed by atoms with van der Waals surface area (Å²) in [6.07, 6.45) is 3.33. The number of benzene rings is 2. The smallest absolute Gasteiger partial charge is 0.209 e. The van der Waals surface area contributed by atoms with E-state index in [9.17, 15) is 4.79 Å². The van der Waals surface area contributed by atoms with Crippen LogP contribution in [0, 0.1) is 0 Å². The zero-order valence-electron chi connectivity index (χ0n) is 13.1. The van der Waals surface area contributed by atoms with E-state index in [-0.39, 0.29) is 5.43 Å². The Hall–Kier alpha value is -2.99. The highest BCUT2D eigenvalue weighted by Gasteiger charge is 2.13. The van der Waals surface area contributed by atoms with Gasteiger partial charge >= 0.3 is 0 Å². The van der Waals surface area contributed by atoms with Crippen molar-refractivity contribution < 1.29 is 0 Å². The van der Waals surface area contributed by atoms with Crippen molar-refractivity contribution >= 4 is 15.9 Å². The Morgan fingerprint density at radius 2 is 1.68 bits per heavy atom. The van der Waals surface area contributed by atoms with E-state index in [2.05, 4.69) is 26.1 Å². The van der Waals surface area contributed by atoms with Crippen LogP contribution in [0.25, 0.3) is 22.8 Å². The molecule has 2 aromatic carbocycles. The topological polar surface area (TPSA) is 52.7 Å². The molecule has 0 amide bonds. The van der Waals surface area contributed by atoms with Crippen LogP contribution in [-0.4, -0.2) is 19.6 Å². The second kappa shape index (κ2) is 6.49. The molecule has 0 fully saturated rings. The van der Waals surface area contributed by atoms with Crippen molar-refractivity contribution in [3.8, 4) is 22.8 Å². The molecule has 0 aliphatic rings. The van der Waals surface area contributed by atoms with Crippen LogP contribution < -0.4 is 5.43 Å². The fourth-order valence-corrected chi connectivity index (χ4v) is 2.99. The predicted molar refractivity (Wildman–Crippen MR) is 100 cm³/mol. The zero-order valence-corrected chi connectivity index (χ0v) is 14.7. The molecule has 0 saturated carbocycles. The van der Waals surface area contributed by atoms with E-state index in [1.165, 1.54) is 6.07 Å². The summed E-state index contributed by atoms with van der Waals surface area (Å²) in [7, 11) is 0. The third kappa shape index (κ3) is 3.04. The van der Waals surface area contributed by atoms with Crippen LogP contribution in [0.2, 0.25) is 0 Å². The first-order valence-corrected chi connectivity index (χ1v) is 8.47. The molecule has 2 heterocycles. The molecule has 4 rings (SSSR count). The van der Waals surface area contributed by atoms with E-state index in [4.69, 9.17) is 0 Å². The van der Waals surface area contributed by atoms with Crippen LogP contribution in [0.5, 0.6) is 0 Å². The molecular formula is C19H13BrN4O. The maximum atomic E-state index is 12.4. The lowest BCUT2D eigenvalue weighted by atomic mass is 10.2. The molecule has 2 aromatic heterocycles. The van der Waals surface area contributed by atoms with Crippen molar-refractivity contribution in [1.82, 2.24) is 19.6 Å². The lowest BCUT2D eigenvalue weighted by molar-refractivity contribution is 0.823. The monoisotopic (exact) mass is 392 g/mol. The standard InChI is InChI=1S/C19H13BrN4O/c20-14-5-4-8-16(13-14)24-17(9-11-21-24)19-18(25)10-12-23(22-19)15-6-2-1-3-7-15/h1-13H. The Morgan fingerprint density at radius 3 is 2.48 bits per heavy atom. The molecule has 0 bridgehead atoms. The van der Waals surface area contributed by atoms with Crippen molar-refractivity contribution in [2.24, 2.45) is 0 Å². The minimum atomic E-state index is -0.149. The van der Waals surface area contributed by atoms with E-state index >= 15 is 0 Å². The average Bonchev–Trinajstić information content (AvgIpc) is 3.12. The normalized spacial score (nSPS) is 10.8. The molecular weight excluding hydrogens is 380 g/mol. The first kappa shape index (κ1) is 15.5. The first-order chi connectivity index (χ1) is 12.2. The van der Waals surface area contributed by atoms with Crippen LogP contribution in [-0.2, 0) is 0 Å². The molecule has 122 valence electrons. The lowest BCUT2D eigenvalue weighted by Crippen LogP contribution is -2.14. The van der Waals surface area contributed by atoms with Gasteiger partial charge in [-0.3, -0.25) is 4.79 Å². The highest BCUT2D eigenvalue weighted by atomic mass is 79.9. The summed E-state index contributed by atoms with van der Waals surface area (Å²) < 4.78 is 4.34. The summed E-state index contributed by atoms with van der Waals surface area (Å²) in [4.78, 5) is 12.4. The molecule has 0 radical (unpaired) electrons. The first-order valence-electron chi connectivity index (χ1n) is 7.68. The number of aromatic nitrogens is 4. The summed E-state index contributed by atoms with van der Waals surface area (Å²) >= 11 is 3.46. The molecule has 0 aliphatic heterocycles. The minimum Gasteiger partial charge on any atom is -0.287 e. The van der Waals surface area contributed by atoms with Gasteiger partial charge in [0.25, 0.3) is 0 Å². The van der Waals surface area contributed by atoms with Gasteiger partial charge in [-0.1, -0.05) is 40.2 Å². The van der Waals surface area contributed by atoms with Gasteiger partial charge in [-0.25, -0.2) is 9.36 Å². The van der Waals surface area contributed by atoms with Crippen molar-refractivity contribution in [3.05, 3.63) is 93.8 Å². The maximum absolute atomic E-state index is 12.4. The number of hydrogen-bond acceptors (Lipinski definition) is 3. The summed E-state index contributed by atoms with van der Waals surface area (Å²) in [6.45, 7) is 0. The van der Waals surface area contributed by atoms with Crippen LogP contribution >= 0.6 is 15.9 Å². The zero-order chi connectivity index (χ0) is 17.2. The Bertz CT molecular complexity index is 1090. The number of nitrogens with zero attached hydrogens (tertiary/aromatic N) is 4. The van der Waals surface area contributed by atoms with Crippen LogP contribution in [0.4, 0.5) is 0 Å². The van der Waals surface area contributed by atoms with E-state index < -0.39 is 0 Å². The predicted octanol–water partition coefficient (Wildman–Crippen LogP) is 3.85. The van der Waals surface area contributed by atoms with Gasteiger partial charge in [0.1, 0.15) is 0 Å². The third-order valence-electron chi connectivity index (χ3n) is 3.77. The quantitative estimate of drug-likeness (QED) is 0.532. The highest BCUT2D eigenvalue weighted by Crippen LogP contribution is 2.21. The number of hydrogen-bond donors (Lipinski definition) is 0. The van der Waals surface area contributed by atoms with Gasteiger partial charge < -0.3 is 0 Å². The van der Waals surface area contributed by atoms with Gasteiger partial charge in [-0.15, -0.1) is 0 Å². The fraction of sp³-hybridized carbons (Fsp3) is 0. The lowest BCUT2D eigenvalue weighted by Gasteiger charge is -2.10. The van der Waals surface area contributed by atoms with Gasteiger partial charge in [0.05, 0.1) is 23.3 Å². The Balaban J connectivity index is 1.87. The molecule has 0 N–H and O–H groups in total. The third-order valence-corrected chi connectivity index (χ3v) is 4.26. The summed E-state index contributed by atoms with van der Waals surface area (Å²) in [5.41, 5.74) is 2.59. The summed E-state index contributed by atoms with van der Waals surface area (Å²) in [5, 5.41) is 8.88. The molecule has 25 heavy (non-hydrogen) atoms. The van der Waals surface area contributed by atoms with E-state index in [0.29, 0.717) is 11.4 Å². The maximum Gasteiger partial charge on any atom is 0.209 e. The van der Waals surface area contributed by atoms with E-state index in [1.807, 2.05) is 54.6 Å². The van der Waals surface area contributed by atoms with Gasteiger partial charge in [-0.2, -0.15) is 10.2 Å². The fourth-order valence-electron chi connectivity index (χ4n) is 2.61. The Morgan fingerprint density at radius 1 is 0.880 bits per heavy atom. The number of halogens is 1. The van der Waals surface area contributed by atoms with Gasteiger partial charge in [0.2, 0.25) is 5.43 Å². The number of rotatable bonds is 3. The van der Waals surface area contributed by atoms with Gasteiger partial charge in [0, 0.05) is 16.7 Å². The Labute approximate surface area is 152 Å². The van der Waals surface area contributed by atoms with Gasteiger partial charge in [-0.05, 0) is 36.4 Å². The molecule has 0 spiro atoms. The van der Waals surface area contributed by atoms with Crippen LogP contribution in [0.15, 0.2) is 88.4 Å². The summed E-state index contributed by atoms with van der Waals surface area (Å²) in [5.74, 6) is 0. The molecule has 6 heteroatoms. The number of para-hydroxylation sites is 1. The second-order valence-electron chi connectivity index (χ2n) is 5.42. The van der Waals surface area contributed by atoms with E-state index in [0.717, 1.165) is 15.8 Å². The minimum absolute atomic E-state index is 0.149. The van der Waals surface area contributed by atoms with Gasteiger partial charge in [0.15, 0.2) is 5.69 Å². The molecule has 0 unspecified atom stereocenters. The SMILES string of the molecule is O=c1ccn(-c2ccccc2)nc1-c1ccnn1-c1cccc(Br)c1. The van der Waals surface area contributed by atoms with E-state index in [1.54, 1.807) is 27.8 Å². The van der Waals surface area contributed by atoms with Crippen molar-refractivity contribution in [3.63, 3.8) is 0 Å². The van der Waals surface area contributed by atoms with Crippen molar-refractivity contribution in [1.29, 1.82) is 0 Å². The molecule has 0 saturated heterocycles. The molecule has 0 aliphatic carbocycles. The van der Waals surface area contributed by atoms with Crippen LogP contribution in [0.3, 0.4) is 0 Å². The van der Waals surface area contributed by atoms with Crippen molar-refractivity contribution in [2.75, 3.05) is 0 Å². The van der Waals surface area contributed by atoms with Crippen LogP contribution in [0.1, 0.15) is 0 Å². The Kier molecular flexibility index (Phi) is 4.03. The molecule has 4 aromatic rings. The van der Waals surface area contributed by atoms with Crippen molar-refractivity contribution in [2.45, 2.75) is 0 Å². The highest BCUT2D eigenvalue weighted by molar-refractivity contribution is 9.10. The summed E-state index contributed by atoms with van der Waals surface area (Å²) in [6, 6.07) is 20.7. The molecule has 0 atom stereocenters. The molecule has 5 nitrogen and oxygen atoms in total. The second-order valence-corrected chi connectivity index (χ2v) is 6.33. The average molecular weight is 393 g/mol. The largest absolute Gasteiger partial charge is 0.287 e.